The first-order chi connectivity index (χ1) is 9.12. The molecule has 0 aromatic heterocycles. The van der Waals surface area contributed by atoms with Crippen molar-refractivity contribution in [3.63, 3.8) is 0 Å². The average Bonchev–Trinajstić information content (AvgIpc) is 2.33. The van der Waals surface area contributed by atoms with Gasteiger partial charge in [0.15, 0.2) is 0 Å². The fraction of sp³-hybridized carbons (Fsp3) is 0.357. The van der Waals surface area contributed by atoms with E-state index in [-0.39, 0.29) is 11.1 Å². The lowest BCUT2D eigenvalue weighted by atomic mass is 9.86. The number of carboxylic acid groups (broad SMARTS) is 1. The van der Waals surface area contributed by atoms with Gasteiger partial charge in [0.1, 0.15) is 6.04 Å². The molecule has 0 spiro atoms. The summed E-state index contributed by atoms with van der Waals surface area (Å²) < 4.78 is 0. The highest BCUT2D eigenvalue weighted by atomic mass is 16.4. The van der Waals surface area contributed by atoms with E-state index in [0.717, 1.165) is 0 Å². The molecule has 4 N–H and O–H groups in total. The van der Waals surface area contributed by atoms with Crippen LogP contribution in [-0.2, 0) is 4.79 Å². The highest BCUT2D eigenvalue weighted by molar-refractivity contribution is 6.00. The third-order valence-electron chi connectivity index (χ3n) is 2.80. The molecule has 0 aliphatic rings. The zero-order valence-electron chi connectivity index (χ0n) is 11.6. The van der Waals surface area contributed by atoms with E-state index >= 15 is 0 Å². The number of benzene rings is 1. The summed E-state index contributed by atoms with van der Waals surface area (Å²) in [6.45, 7) is 5.14. The van der Waals surface area contributed by atoms with Crippen molar-refractivity contribution in [1.29, 1.82) is 0 Å². The molecule has 0 aliphatic carbocycles. The van der Waals surface area contributed by atoms with E-state index in [1.165, 1.54) is 24.3 Å². The zero-order valence-corrected chi connectivity index (χ0v) is 11.6. The predicted octanol–water partition coefficient (Wildman–Crippen LogP) is 1.01. The van der Waals surface area contributed by atoms with E-state index in [9.17, 15) is 14.4 Å². The molecule has 0 aliphatic heterocycles. The van der Waals surface area contributed by atoms with Crippen molar-refractivity contribution < 1.29 is 19.5 Å². The van der Waals surface area contributed by atoms with Crippen LogP contribution in [0.25, 0.3) is 0 Å². The van der Waals surface area contributed by atoms with Crippen molar-refractivity contribution in [3.8, 4) is 0 Å². The van der Waals surface area contributed by atoms with E-state index in [1.807, 2.05) is 0 Å². The van der Waals surface area contributed by atoms with Gasteiger partial charge in [-0.25, -0.2) is 4.79 Å². The minimum Gasteiger partial charge on any atom is -0.480 e. The van der Waals surface area contributed by atoms with Crippen molar-refractivity contribution in [1.82, 2.24) is 5.32 Å². The molecule has 6 heteroatoms. The van der Waals surface area contributed by atoms with Crippen LogP contribution in [0.2, 0.25) is 0 Å². The van der Waals surface area contributed by atoms with Crippen LogP contribution in [-0.4, -0.2) is 28.9 Å². The standard InChI is InChI=1S/C14H18N2O4/c1-14(2,3)10(13(19)20)16-12(18)9-6-4-5-8(7-9)11(15)17/h4-7,10H,1-3H3,(H2,15,17)(H,16,18)(H,19,20). The summed E-state index contributed by atoms with van der Waals surface area (Å²) in [4.78, 5) is 34.3. The molecule has 0 fully saturated rings. The van der Waals surface area contributed by atoms with Gasteiger partial charge in [0, 0.05) is 11.1 Å². The smallest absolute Gasteiger partial charge is 0.326 e. The van der Waals surface area contributed by atoms with Gasteiger partial charge in [-0.15, -0.1) is 0 Å². The Morgan fingerprint density at radius 2 is 1.75 bits per heavy atom. The molecular weight excluding hydrogens is 260 g/mol. The number of nitrogens with two attached hydrogens (primary N) is 1. The van der Waals surface area contributed by atoms with Gasteiger partial charge in [0.2, 0.25) is 5.91 Å². The van der Waals surface area contributed by atoms with Crippen LogP contribution in [0.3, 0.4) is 0 Å². The maximum absolute atomic E-state index is 12.1. The molecule has 1 unspecified atom stereocenters. The molecule has 1 aromatic carbocycles. The highest BCUT2D eigenvalue weighted by Crippen LogP contribution is 2.20. The van der Waals surface area contributed by atoms with Crippen LogP contribution >= 0.6 is 0 Å². The Morgan fingerprint density at radius 3 is 2.20 bits per heavy atom. The molecule has 6 nitrogen and oxygen atoms in total. The van der Waals surface area contributed by atoms with Gasteiger partial charge in [0.05, 0.1) is 0 Å². The number of rotatable bonds is 4. The fourth-order valence-electron chi connectivity index (χ4n) is 1.68. The first kappa shape index (κ1) is 15.7. The Morgan fingerprint density at radius 1 is 1.20 bits per heavy atom. The molecule has 108 valence electrons. The maximum Gasteiger partial charge on any atom is 0.326 e. The van der Waals surface area contributed by atoms with Crippen LogP contribution < -0.4 is 11.1 Å². The van der Waals surface area contributed by atoms with E-state index in [4.69, 9.17) is 10.8 Å². The third-order valence-corrected chi connectivity index (χ3v) is 2.80. The van der Waals surface area contributed by atoms with Crippen molar-refractivity contribution in [2.24, 2.45) is 11.1 Å². The van der Waals surface area contributed by atoms with Crippen LogP contribution in [0.1, 0.15) is 41.5 Å². The number of carbonyl (C=O) groups excluding carboxylic acids is 2. The molecule has 2 amide bonds. The lowest BCUT2D eigenvalue weighted by Gasteiger charge is -2.27. The summed E-state index contributed by atoms with van der Waals surface area (Å²) in [5.74, 6) is -2.32. The second kappa shape index (κ2) is 5.73. The summed E-state index contributed by atoms with van der Waals surface area (Å²) >= 11 is 0. The van der Waals surface area contributed by atoms with Gasteiger partial charge >= 0.3 is 5.97 Å². The number of amides is 2. The fourth-order valence-corrected chi connectivity index (χ4v) is 1.68. The summed E-state index contributed by atoms with van der Waals surface area (Å²) in [6, 6.07) is 4.79. The van der Waals surface area contributed by atoms with Crippen LogP contribution in [0.5, 0.6) is 0 Å². The minimum atomic E-state index is -1.11. The van der Waals surface area contributed by atoms with E-state index in [2.05, 4.69) is 5.32 Å². The number of carbonyl (C=O) groups is 3. The van der Waals surface area contributed by atoms with Crippen LogP contribution in [0, 0.1) is 5.41 Å². The number of carboxylic acids is 1. The molecule has 1 atom stereocenters. The molecule has 0 saturated carbocycles. The molecule has 0 bridgehead atoms. The molecule has 0 heterocycles. The van der Waals surface area contributed by atoms with Gasteiger partial charge in [-0.1, -0.05) is 26.8 Å². The summed E-state index contributed by atoms with van der Waals surface area (Å²) in [5.41, 5.74) is 4.89. The molecular formula is C14H18N2O4. The first-order valence-electron chi connectivity index (χ1n) is 6.06. The molecule has 1 aromatic rings. The number of nitrogens with one attached hydrogen (secondary N) is 1. The first-order valence-corrected chi connectivity index (χ1v) is 6.06. The topological polar surface area (TPSA) is 109 Å². The van der Waals surface area contributed by atoms with Crippen molar-refractivity contribution in [2.75, 3.05) is 0 Å². The zero-order chi connectivity index (χ0) is 15.5. The van der Waals surface area contributed by atoms with Gasteiger partial charge in [-0.05, 0) is 23.6 Å². The average molecular weight is 278 g/mol. The van der Waals surface area contributed by atoms with Gasteiger partial charge in [-0.2, -0.15) is 0 Å². The Balaban J connectivity index is 2.98. The quantitative estimate of drug-likeness (QED) is 0.763. The lowest BCUT2D eigenvalue weighted by Crippen LogP contribution is -2.49. The number of hydrogen-bond donors (Lipinski definition) is 3. The summed E-state index contributed by atoms with van der Waals surface area (Å²) in [7, 11) is 0. The van der Waals surface area contributed by atoms with E-state index < -0.39 is 29.2 Å². The van der Waals surface area contributed by atoms with Gasteiger partial charge in [0.25, 0.3) is 5.91 Å². The SMILES string of the molecule is CC(C)(C)C(NC(=O)c1cccc(C(N)=O)c1)C(=O)O. The highest BCUT2D eigenvalue weighted by Gasteiger charge is 2.32. The monoisotopic (exact) mass is 278 g/mol. The predicted molar refractivity (Wildman–Crippen MR) is 73.3 cm³/mol. The van der Waals surface area contributed by atoms with Crippen molar-refractivity contribution in [3.05, 3.63) is 35.4 Å². The number of primary amides is 1. The molecule has 1 rings (SSSR count). The Bertz CT molecular complexity index is 546. The molecule has 0 saturated heterocycles. The summed E-state index contributed by atoms with van der Waals surface area (Å²) in [6.07, 6.45) is 0. The van der Waals surface area contributed by atoms with Gasteiger partial charge in [-0.3, -0.25) is 9.59 Å². The minimum absolute atomic E-state index is 0.191. The van der Waals surface area contributed by atoms with E-state index in [0.29, 0.717) is 0 Å². The van der Waals surface area contributed by atoms with E-state index in [1.54, 1.807) is 20.8 Å². The van der Waals surface area contributed by atoms with Gasteiger partial charge < -0.3 is 16.2 Å². The number of hydrogen-bond acceptors (Lipinski definition) is 3. The van der Waals surface area contributed by atoms with Crippen molar-refractivity contribution in [2.45, 2.75) is 26.8 Å². The normalized spacial score (nSPS) is 12.6. The Kier molecular flexibility index (Phi) is 4.49. The maximum atomic E-state index is 12.1. The third kappa shape index (κ3) is 3.81. The van der Waals surface area contributed by atoms with Crippen LogP contribution in [0.4, 0.5) is 0 Å². The largest absolute Gasteiger partial charge is 0.480 e. The molecule has 0 radical (unpaired) electrons. The second-order valence-corrected chi connectivity index (χ2v) is 5.56. The second-order valence-electron chi connectivity index (χ2n) is 5.56. The molecule has 20 heavy (non-hydrogen) atoms. The van der Waals surface area contributed by atoms with Crippen molar-refractivity contribution >= 4 is 17.8 Å². The van der Waals surface area contributed by atoms with Crippen LogP contribution in [0.15, 0.2) is 24.3 Å². The lowest BCUT2D eigenvalue weighted by molar-refractivity contribution is -0.142. The Hall–Kier alpha value is -2.37. The Labute approximate surface area is 117 Å². The summed E-state index contributed by atoms with van der Waals surface area (Å²) in [5, 5.41) is 11.6. The number of aliphatic carboxylic acids is 1.